The number of methoxy groups -OCH3 is 1. The van der Waals surface area contributed by atoms with Gasteiger partial charge in [-0.1, -0.05) is 64.4 Å². The molecule has 1 aromatic rings. The zero-order chi connectivity index (χ0) is 23.4. The molecule has 0 unspecified atom stereocenters. The molecule has 0 aliphatic rings. The highest BCUT2D eigenvalue weighted by molar-refractivity contribution is 5.86. The third-order valence-corrected chi connectivity index (χ3v) is 4.68. The number of carbonyl (C=O) groups excluding carboxylic acids is 1. The van der Waals surface area contributed by atoms with Crippen molar-refractivity contribution in [3.05, 3.63) is 12.2 Å². The van der Waals surface area contributed by atoms with Crippen LogP contribution in [0, 0.1) is 0 Å². The number of carbonyl (C=O) groups is 1. The van der Waals surface area contributed by atoms with Crippen molar-refractivity contribution in [2.75, 3.05) is 33.5 Å². The first-order valence-corrected chi connectivity index (χ1v) is 11.6. The van der Waals surface area contributed by atoms with Gasteiger partial charge in [-0.25, -0.2) is 4.79 Å². The molecule has 0 saturated heterocycles. The zero-order valence-electron chi connectivity index (χ0n) is 19.6. The molecule has 0 bridgehead atoms. The highest BCUT2D eigenvalue weighted by Crippen LogP contribution is 2.15. The first kappa shape index (κ1) is 27.6. The van der Waals surface area contributed by atoms with Crippen molar-refractivity contribution in [3.63, 3.8) is 0 Å². The van der Waals surface area contributed by atoms with E-state index in [2.05, 4.69) is 21.5 Å². The molecule has 0 aromatic carbocycles. The van der Waals surface area contributed by atoms with Crippen LogP contribution in [0.2, 0.25) is 0 Å². The van der Waals surface area contributed by atoms with Crippen molar-refractivity contribution in [2.24, 2.45) is 0 Å². The molecule has 1 aromatic heterocycles. The third kappa shape index (κ3) is 13.8. The molecule has 0 aliphatic heterocycles. The van der Waals surface area contributed by atoms with Crippen molar-refractivity contribution in [2.45, 2.75) is 77.6 Å². The fourth-order valence-electron chi connectivity index (χ4n) is 2.92. The number of unbranched alkanes of at least 4 members (excludes halogenated alkanes) is 10. The number of nitrogens with zero attached hydrogens (tertiary/aromatic N) is 3. The van der Waals surface area contributed by atoms with Crippen LogP contribution in [0.5, 0.6) is 18.0 Å². The van der Waals surface area contributed by atoms with Gasteiger partial charge in [-0.3, -0.25) is 0 Å². The lowest BCUT2D eigenvalue weighted by molar-refractivity contribution is -0.139. The number of hydrogen-bond donors (Lipinski definition) is 1. The summed E-state index contributed by atoms with van der Waals surface area (Å²) in [4.78, 5) is 23.3. The lowest BCUT2D eigenvalue weighted by atomic mass is 10.1. The molecule has 32 heavy (non-hydrogen) atoms. The van der Waals surface area contributed by atoms with E-state index in [1.807, 2.05) is 0 Å². The van der Waals surface area contributed by atoms with Gasteiger partial charge in [0, 0.05) is 5.57 Å². The van der Waals surface area contributed by atoms with Gasteiger partial charge in [0.15, 0.2) is 0 Å². The maximum absolute atomic E-state index is 11.2. The molecule has 0 amide bonds. The van der Waals surface area contributed by atoms with E-state index in [1.165, 1.54) is 52.1 Å². The van der Waals surface area contributed by atoms with Gasteiger partial charge in [-0.05, 0) is 19.8 Å². The summed E-state index contributed by atoms with van der Waals surface area (Å²) < 4.78 is 20.9. The number of hydrogen-bond acceptors (Lipinski definition) is 9. The van der Waals surface area contributed by atoms with Crippen LogP contribution < -0.4 is 14.2 Å². The Morgan fingerprint density at radius 2 is 1.19 bits per heavy atom. The lowest BCUT2D eigenvalue weighted by Crippen LogP contribution is -2.09. The Kier molecular flexibility index (Phi) is 15.7. The molecular weight excluding hydrogens is 414 g/mol. The topological polar surface area (TPSA) is 113 Å². The molecule has 9 nitrogen and oxygen atoms in total. The maximum Gasteiger partial charge on any atom is 0.333 e. The molecule has 1 N–H and O–H groups in total. The Balaban J connectivity index is 1.95. The minimum atomic E-state index is -0.291. The summed E-state index contributed by atoms with van der Waals surface area (Å²) in [5.41, 5.74) is 0.458. The summed E-state index contributed by atoms with van der Waals surface area (Å²) in [7, 11) is 1.46. The fraction of sp³-hybridized carbons (Fsp3) is 0.739. The molecule has 0 saturated carbocycles. The quantitative estimate of drug-likeness (QED) is 0.177. The molecule has 182 valence electrons. The van der Waals surface area contributed by atoms with Crippen molar-refractivity contribution in [1.29, 1.82) is 0 Å². The van der Waals surface area contributed by atoms with Gasteiger partial charge in [0.05, 0.1) is 26.9 Å². The van der Waals surface area contributed by atoms with Crippen LogP contribution in [-0.2, 0) is 9.53 Å². The van der Waals surface area contributed by atoms with E-state index in [4.69, 9.17) is 24.1 Å². The summed E-state index contributed by atoms with van der Waals surface area (Å²) in [6.07, 6.45) is 12.7. The number of aromatic nitrogens is 3. The van der Waals surface area contributed by atoms with E-state index in [0.29, 0.717) is 18.8 Å². The number of aliphatic hydroxyl groups is 1. The second kappa shape index (κ2) is 18.2. The highest BCUT2D eigenvalue weighted by atomic mass is 16.5. The normalized spacial score (nSPS) is 10.6. The van der Waals surface area contributed by atoms with Gasteiger partial charge in [0.25, 0.3) is 0 Å². The Labute approximate surface area is 191 Å². The molecule has 0 aliphatic carbocycles. The van der Waals surface area contributed by atoms with Gasteiger partial charge in [-0.2, -0.15) is 0 Å². The number of aliphatic hydroxyl groups excluding tert-OH is 1. The molecule has 0 radical (unpaired) electrons. The van der Waals surface area contributed by atoms with Gasteiger partial charge >= 0.3 is 24.0 Å². The minimum absolute atomic E-state index is 0.0760. The van der Waals surface area contributed by atoms with E-state index >= 15 is 0 Å². The summed E-state index contributed by atoms with van der Waals surface area (Å²) in [6.45, 7) is 6.22. The third-order valence-electron chi connectivity index (χ3n) is 4.68. The largest absolute Gasteiger partial charge is 0.467 e. The van der Waals surface area contributed by atoms with E-state index < -0.39 is 0 Å². The predicted octanol–water partition coefficient (Wildman–Crippen LogP) is 4.04. The van der Waals surface area contributed by atoms with Crippen LogP contribution in [0.15, 0.2) is 12.2 Å². The van der Waals surface area contributed by atoms with E-state index in [9.17, 15) is 4.79 Å². The van der Waals surface area contributed by atoms with Crippen LogP contribution in [0.25, 0.3) is 0 Å². The van der Waals surface area contributed by atoms with Gasteiger partial charge < -0.3 is 24.1 Å². The highest BCUT2D eigenvalue weighted by Gasteiger charge is 2.09. The van der Waals surface area contributed by atoms with Crippen LogP contribution in [0.4, 0.5) is 0 Å². The monoisotopic (exact) mass is 453 g/mol. The molecule has 9 heteroatoms. The van der Waals surface area contributed by atoms with Crippen molar-refractivity contribution >= 4 is 5.97 Å². The SMILES string of the molecule is C=C(C)C(=O)OCCCCCCCCCCCCCOc1nc(OC)nc(OCCO)n1. The zero-order valence-corrected chi connectivity index (χ0v) is 19.6. The second-order valence-corrected chi connectivity index (χ2v) is 7.61. The van der Waals surface area contributed by atoms with Crippen molar-refractivity contribution in [3.8, 4) is 18.0 Å². The summed E-state index contributed by atoms with van der Waals surface area (Å²) >= 11 is 0. The number of esters is 1. The molecule has 0 atom stereocenters. The van der Waals surface area contributed by atoms with Crippen LogP contribution in [-0.4, -0.2) is 59.6 Å². The number of ether oxygens (including phenoxy) is 4. The average Bonchev–Trinajstić information content (AvgIpc) is 2.79. The Bertz CT molecular complexity index is 657. The maximum atomic E-state index is 11.2. The first-order valence-electron chi connectivity index (χ1n) is 11.6. The van der Waals surface area contributed by atoms with Gasteiger partial charge in [-0.15, -0.1) is 15.0 Å². The fourth-order valence-corrected chi connectivity index (χ4v) is 2.92. The van der Waals surface area contributed by atoms with E-state index in [-0.39, 0.29) is 37.2 Å². The second-order valence-electron chi connectivity index (χ2n) is 7.61. The average molecular weight is 454 g/mol. The molecule has 1 heterocycles. The molecular formula is C23H39N3O6. The van der Waals surface area contributed by atoms with E-state index in [0.717, 1.165) is 25.7 Å². The Hall–Kier alpha value is -2.42. The van der Waals surface area contributed by atoms with Crippen LogP contribution in [0.1, 0.15) is 77.6 Å². The van der Waals surface area contributed by atoms with Crippen LogP contribution in [0.3, 0.4) is 0 Å². The van der Waals surface area contributed by atoms with E-state index in [1.54, 1.807) is 6.92 Å². The van der Waals surface area contributed by atoms with Crippen molar-refractivity contribution in [1.82, 2.24) is 15.0 Å². The number of rotatable bonds is 20. The van der Waals surface area contributed by atoms with Gasteiger partial charge in [0.2, 0.25) is 0 Å². The standard InChI is InChI=1S/C23H39N3O6/c1-19(2)20(28)30-16-13-11-9-7-5-4-6-8-10-12-14-17-31-22-24-21(29-3)25-23(26-22)32-18-15-27/h27H,1,4-18H2,2-3H3. The summed E-state index contributed by atoms with van der Waals surface area (Å²) in [6, 6.07) is 0.361. The summed E-state index contributed by atoms with van der Waals surface area (Å²) in [5.74, 6) is -0.291. The molecule has 1 rings (SSSR count). The Morgan fingerprint density at radius 3 is 1.66 bits per heavy atom. The lowest BCUT2D eigenvalue weighted by Gasteiger charge is -2.08. The van der Waals surface area contributed by atoms with Gasteiger partial charge in [0.1, 0.15) is 6.61 Å². The van der Waals surface area contributed by atoms with Crippen LogP contribution >= 0.6 is 0 Å². The summed E-state index contributed by atoms with van der Waals surface area (Å²) in [5, 5.41) is 8.82. The first-order chi connectivity index (χ1) is 15.6. The van der Waals surface area contributed by atoms with Crippen molar-refractivity contribution < 1.29 is 28.8 Å². The molecule has 0 fully saturated rings. The smallest absolute Gasteiger partial charge is 0.333 e. The minimum Gasteiger partial charge on any atom is -0.467 e. The predicted molar refractivity (Wildman–Crippen MR) is 121 cm³/mol. The Morgan fingerprint density at radius 1 is 0.750 bits per heavy atom. The molecule has 0 spiro atoms.